The minimum absolute atomic E-state index is 0.294. The molecule has 0 aromatic rings. The van der Waals surface area contributed by atoms with Gasteiger partial charge in [0.15, 0.2) is 0 Å². The second kappa shape index (κ2) is 6.57. The van der Waals surface area contributed by atoms with E-state index in [0.717, 1.165) is 5.71 Å². The van der Waals surface area contributed by atoms with Gasteiger partial charge in [0.2, 0.25) is 0 Å². The number of allylic oxidation sites excluding steroid dienone is 2. The first-order valence-corrected chi connectivity index (χ1v) is 6.06. The Balaban J connectivity index is 2.38. The lowest BCUT2D eigenvalue weighted by atomic mass is 10.2. The first kappa shape index (κ1) is 13.9. The fourth-order valence-corrected chi connectivity index (χ4v) is 1.66. The molecular formula is C13H23N3O. The summed E-state index contributed by atoms with van der Waals surface area (Å²) in [6.45, 7) is 8.76. The number of aliphatic imine (C=N–C) groups is 1. The van der Waals surface area contributed by atoms with Gasteiger partial charge in [0.25, 0.3) is 0 Å². The molecule has 1 aliphatic rings. The second-order valence-electron chi connectivity index (χ2n) is 4.65. The Bertz CT molecular complexity index is 332. The minimum atomic E-state index is -0.481. The van der Waals surface area contributed by atoms with Crippen LogP contribution >= 0.6 is 0 Å². The zero-order valence-corrected chi connectivity index (χ0v) is 11.1. The van der Waals surface area contributed by atoms with Gasteiger partial charge in [-0.05, 0) is 33.8 Å². The van der Waals surface area contributed by atoms with Gasteiger partial charge in [-0.2, -0.15) is 0 Å². The largest absolute Gasteiger partial charge is 0.378 e. The topological polar surface area (TPSA) is 47.9 Å². The Morgan fingerprint density at radius 3 is 2.82 bits per heavy atom. The quantitative estimate of drug-likeness (QED) is 0.717. The lowest BCUT2D eigenvalue weighted by Gasteiger charge is -2.23. The molecule has 1 atom stereocenters. The summed E-state index contributed by atoms with van der Waals surface area (Å²) in [6.07, 6.45) is 6.12. The maximum absolute atomic E-state index is 9.63. The van der Waals surface area contributed by atoms with Crippen LogP contribution in [-0.2, 0) is 0 Å². The second-order valence-corrected chi connectivity index (χ2v) is 4.65. The van der Waals surface area contributed by atoms with E-state index in [1.54, 1.807) is 0 Å². The van der Waals surface area contributed by atoms with Gasteiger partial charge >= 0.3 is 0 Å². The number of rotatable bonds is 5. The first-order chi connectivity index (χ1) is 7.99. The highest BCUT2D eigenvalue weighted by Gasteiger charge is 2.07. The average Bonchev–Trinajstić information content (AvgIpc) is 2.20. The lowest BCUT2D eigenvalue weighted by molar-refractivity contribution is 0.130. The fraction of sp³-hybridized carbons (Fsp3) is 0.615. The van der Waals surface area contributed by atoms with Crippen molar-refractivity contribution in [3.63, 3.8) is 0 Å². The molecule has 0 spiro atoms. The molecule has 0 saturated heterocycles. The molecule has 0 aromatic heterocycles. The van der Waals surface area contributed by atoms with Crippen molar-refractivity contribution >= 4 is 5.71 Å². The molecule has 0 fully saturated rings. The molecule has 0 aromatic carbocycles. The third kappa shape index (κ3) is 5.15. The third-order valence-corrected chi connectivity index (χ3v) is 2.51. The van der Waals surface area contributed by atoms with E-state index in [4.69, 9.17) is 0 Å². The molecule has 0 amide bonds. The van der Waals surface area contributed by atoms with Crippen molar-refractivity contribution in [2.24, 2.45) is 4.99 Å². The molecule has 17 heavy (non-hydrogen) atoms. The van der Waals surface area contributed by atoms with Crippen molar-refractivity contribution in [2.75, 3.05) is 6.67 Å². The summed E-state index contributed by atoms with van der Waals surface area (Å²) in [5.41, 5.74) is 2.24. The first-order valence-electron chi connectivity index (χ1n) is 6.06. The molecule has 1 rings (SSSR count). The van der Waals surface area contributed by atoms with Crippen molar-refractivity contribution in [1.82, 2.24) is 10.2 Å². The van der Waals surface area contributed by atoms with Crippen molar-refractivity contribution < 1.29 is 5.11 Å². The van der Waals surface area contributed by atoms with E-state index in [-0.39, 0.29) is 0 Å². The van der Waals surface area contributed by atoms with Gasteiger partial charge in [-0.25, -0.2) is 0 Å². The Kier molecular flexibility index (Phi) is 5.38. The number of hydrogen-bond donors (Lipinski definition) is 2. The predicted molar refractivity (Wildman–Crippen MR) is 71.6 cm³/mol. The van der Waals surface area contributed by atoms with Crippen molar-refractivity contribution in [3.8, 4) is 0 Å². The summed E-state index contributed by atoms with van der Waals surface area (Å²) < 4.78 is 0. The number of hydrogen-bond acceptors (Lipinski definition) is 4. The zero-order valence-electron chi connectivity index (χ0n) is 11.1. The SMILES string of the molecule is CC1=CC(C)=NCN1/C=C\CC(O)NC(C)C. The van der Waals surface area contributed by atoms with Crippen molar-refractivity contribution in [2.45, 2.75) is 46.4 Å². The molecule has 0 aliphatic carbocycles. The van der Waals surface area contributed by atoms with Crippen LogP contribution in [0.4, 0.5) is 0 Å². The van der Waals surface area contributed by atoms with Gasteiger partial charge in [0, 0.05) is 30.1 Å². The summed E-state index contributed by atoms with van der Waals surface area (Å²) in [5.74, 6) is 0. The van der Waals surface area contributed by atoms with Crippen molar-refractivity contribution in [3.05, 3.63) is 24.0 Å². The van der Waals surface area contributed by atoms with E-state index in [9.17, 15) is 5.11 Å². The smallest absolute Gasteiger partial charge is 0.114 e. The molecule has 4 heteroatoms. The summed E-state index contributed by atoms with van der Waals surface area (Å²) in [6, 6.07) is 0.294. The van der Waals surface area contributed by atoms with Crippen LogP contribution in [0.5, 0.6) is 0 Å². The normalized spacial score (nSPS) is 18.6. The van der Waals surface area contributed by atoms with Crippen LogP contribution in [0.15, 0.2) is 29.0 Å². The Labute approximate surface area is 104 Å². The predicted octanol–water partition coefficient (Wildman–Crippen LogP) is 1.84. The molecule has 1 heterocycles. The summed E-state index contributed by atoms with van der Waals surface area (Å²) in [5, 5.41) is 12.7. The van der Waals surface area contributed by atoms with E-state index < -0.39 is 6.23 Å². The van der Waals surface area contributed by atoms with Crippen LogP contribution in [0.2, 0.25) is 0 Å². The third-order valence-electron chi connectivity index (χ3n) is 2.51. The van der Waals surface area contributed by atoms with Gasteiger partial charge in [-0.15, -0.1) is 0 Å². The Morgan fingerprint density at radius 1 is 1.53 bits per heavy atom. The Hall–Kier alpha value is -1.13. The van der Waals surface area contributed by atoms with E-state index in [0.29, 0.717) is 19.1 Å². The number of nitrogens with one attached hydrogen (secondary N) is 1. The van der Waals surface area contributed by atoms with Crippen LogP contribution in [0.25, 0.3) is 0 Å². The maximum atomic E-state index is 9.63. The fourth-order valence-electron chi connectivity index (χ4n) is 1.66. The van der Waals surface area contributed by atoms with E-state index in [2.05, 4.69) is 28.2 Å². The highest BCUT2D eigenvalue weighted by atomic mass is 16.3. The average molecular weight is 237 g/mol. The zero-order chi connectivity index (χ0) is 12.8. The minimum Gasteiger partial charge on any atom is -0.378 e. The summed E-state index contributed by atoms with van der Waals surface area (Å²) in [4.78, 5) is 6.41. The van der Waals surface area contributed by atoms with E-state index >= 15 is 0 Å². The number of aliphatic hydroxyl groups excluding tert-OH is 1. The van der Waals surface area contributed by atoms with Crippen molar-refractivity contribution in [1.29, 1.82) is 0 Å². The molecule has 1 aliphatic heterocycles. The molecule has 0 radical (unpaired) electrons. The highest BCUT2D eigenvalue weighted by molar-refractivity contribution is 5.93. The maximum Gasteiger partial charge on any atom is 0.114 e. The molecular weight excluding hydrogens is 214 g/mol. The summed E-state index contributed by atoms with van der Waals surface area (Å²) in [7, 11) is 0. The van der Waals surface area contributed by atoms with Gasteiger partial charge in [-0.3, -0.25) is 10.3 Å². The molecule has 4 nitrogen and oxygen atoms in total. The lowest BCUT2D eigenvalue weighted by Crippen LogP contribution is -2.34. The van der Waals surface area contributed by atoms with Crippen LogP contribution in [-0.4, -0.2) is 34.7 Å². The van der Waals surface area contributed by atoms with Crippen LogP contribution < -0.4 is 5.32 Å². The molecule has 96 valence electrons. The van der Waals surface area contributed by atoms with Gasteiger partial charge in [-0.1, -0.05) is 6.08 Å². The van der Waals surface area contributed by atoms with Crippen LogP contribution in [0.1, 0.15) is 34.1 Å². The molecule has 1 unspecified atom stereocenters. The van der Waals surface area contributed by atoms with E-state index in [1.807, 2.05) is 33.0 Å². The molecule has 2 N–H and O–H groups in total. The monoisotopic (exact) mass is 237 g/mol. The van der Waals surface area contributed by atoms with Gasteiger partial charge < -0.3 is 10.0 Å². The standard InChI is InChI=1S/C13H23N3O/c1-10(2)15-13(17)6-5-7-16-9-14-11(3)8-12(16)4/h5,7-8,10,13,15,17H,6,9H2,1-4H3/b7-5-. The van der Waals surface area contributed by atoms with Crippen LogP contribution in [0.3, 0.4) is 0 Å². The number of aliphatic hydroxyl groups is 1. The highest BCUT2D eigenvalue weighted by Crippen LogP contribution is 2.10. The summed E-state index contributed by atoms with van der Waals surface area (Å²) >= 11 is 0. The molecule has 0 saturated carbocycles. The number of nitrogens with zero attached hydrogens (tertiary/aromatic N) is 2. The van der Waals surface area contributed by atoms with E-state index in [1.165, 1.54) is 5.70 Å². The van der Waals surface area contributed by atoms with Crippen LogP contribution in [0, 0.1) is 0 Å². The van der Waals surface area contributed by atoms with Gasteiger partial charge in [0.05, 0.1) is 0 Å². The van der Waals surface area contributed by atoms with Gasteiger partial charge in [0.1, 0.15) is 12.9 Å². The molecule has 0 bridgehead atoms. The Morgan fingerprint density at radius 2 is 2.24 bits per heavy atom.